The zero-order chi connectivity index (χ0) is 13.5. The standard InChI is InChI=1S/C15H18BNO2/c1-11-9-15(2,3)19-16(18-11)13-8-12-6-4-5-7-14(12)17-10-13/h4-8,10-11H,9H2,1-3H3. The molecule has 2 aromatic rings. The van der Waals surface area contributed by atoms with Crippen LogP contribution in [0.4, 0.5) is 0 Å². The van der Waals surface area contributed by atoms with Gasteiger partial charge in [-0.2, -0.15) is 0 Å². The Bertz CT molecular complexity index is 599. The Morgan fingerprint density at radius 3 is 2.89 bits per heavy atom. The first-order chi connectivity index (χ1) is 9.03. The molecule has 19 heavy (non-hydrogen) atoms. The molecule has 1 saturated heterocycles. The van der Waals surface area contributed by atoms with E-state index in [0.717, 1.165) is 22.8 Å². The number of fused-ring (bicyclic) bond motifs is 1. The number of benzene rings is 1. The molecule has 3 nitrogen and oxygen atoms in total. The van der Waals surface area contributed by atoms with Gasteiger partial charge in [-0.15, -0.1) is 0 Å². The van der Waals surface area contributed by atoms with Crippen molar-refractivity contribution in [2.24, 2.45) is 0 Å². The fraction of sp³-hybridized carbons (Fsp3) is 0.400. The normalized spacial score (nSPS) is 22.7. The van der Waals surface area contributed by atoms with E-state index in [0.29, 0.717) is 0 Å². The summed E-state index contributed by atoms with van der Waals surface area (Å²) in [6, 6.07) is 10.2. The number of nitrogens with zero attached hydrogens (tertiary/aromatic N) is 1. The van der Waals surface area contributed by atoms with Gasteiger partial charge in [0.15, 0.2) is 0 Å². The van der Waals surface area contributed by atoms with Crippen molar-refractivity contribution in [2.75, 3.05) is 0 Å². The summed E-state index contributed by atoms with van der Waals surface area (Å²) in [4.78, 5) is 4.47. The van der Waals surface area contributed by atoms with Crippen LogP contribution in [-0.4, -0.2) is 23.8 Å². The minimum atomic E-state index is -0.323. The minimum Gasteiger partial charge on any atom is -0.405 e. The molecule has 1 fully saturated rings. The molecule has 1 aliphatic rings. The van der Waals surface area contributed by atoms with E-state index in [1.54, 1.807) is 0 Å². The first kappa shape index (κ1) is 12.6. The van der Waals surface area contributed by atoms with Gasteiger partial charge in [-0.05, 0) is 38.6 Å². The Hall–Kier alpha value is -1.39. The molecule has 98 valence electrons. The molecule has 3 rings (SSSR count). The van der Waals surface area contributed by atoms with Crippen LogP contribution in [0, 0.1) is 0 Å². The van der Waals surface area contributed by atoms with Gasteiger partial charge in [-0.3, -0.25) is 4.98 Å². The van der Waals surface area contributed by atoms with E-state index in [1.165, 1.54) is 0 Å². The van der Waals surface area contributed by atoms with Gasteiger partial charge in [0.1, 0.15) is 0 Å². The Labute approximate surface area is 114 Å². The molecule has 1 aromatic carbocycles. The molecule has 0 radical (unpaired) electrons. The maximum absolute atomic E-state index is 6.02. The number of hydrogen-bond acceptors (Lipinski definition) is 3. The van der Waals surface area contributed by atoms with Crippen molar-refractivity contribution in [3.8, 4) is 0 Å². The molecule has 1 aliphatic heterocycles. The summed E-state index contributed by atoms with van der Waals surface area (Å²) in [6.45, 7) is 6.30. The Balaban J connectivity index is 1.95. The quantitative estimate of drug-likeness (QED) is 0.734. The summed E-state index contributed by atoms with van der Waals surface area (Å²) in [5.41, 5.74) is 1.82. The Morgan fingerprint density at radius 2 is 2.11 bits per heavy atom. The maximum Gasteiger partial charge on any atom is 0.496 e. The fourth-order valence-electron chi connectivity index (χ4n) is 2.68. The highest BCUT2D eigenvalue weighted by atomic mass is 16.6. The van der Waals surface area contributed by atoms with Crippen LogP contribution in [0.3, 0.4) is 0 Å². The molecule has 4 heteroatoms. The average Bonchev–Trinajstić information content (AvgIpc) is 2.36. The Morgan fingerprint density at radius 1 is 1.32 bits per heavy atom. The monoisotopic (exact) mass is 255 g/mol. The summed E-state index contributed by atoms with van der Waals surface area (Å²) in [5.74, 6) is 0. The third-order valence-electron chi connectivity index (χ3n) is 3.44. The lowest BCUT2D eigenvalue weighted by molar-refractivity contribution is -0.0229. The van der Waals surface area contributed by atoms with E-state index in [1.807, 2.05) is 24.4 Å². The number of aromatic nitrogens is 1. The van der Waals surface area contributed by atoms with Crippen LogP contribution < -0.4 is 5.46 Å². The number of rotatable bonds is 1. The van der Waals surface area contributed by atoms with Crippen molar-refractivity contribution < 1.29 is 9.31 Å². The first-order valence-electron chi connectivity index (χ1n) is 6.71. The van der Waals surface area contributed by atoms with Crippen molar-refractivity contribution in [1.29, 1.82) is 0 Å². The molecule has 0 spiro atoms. The van der Waals surface area contributed by atoms with Crippen molar-refractivity contribution in [2.45, 2.75) is 38.9 Å². The third-order valence-corrected chi connectivity index (χ3v) is 3.44. The zero-order valence-electron chi connectivity index (χ0n) is 11.6. The fourth-order valence-corrected chi connectivity index (χ4v) is 2.68. The molecule has 0 amide bonds. The summed E-state index contributed by atoms with van der Waals surface area (Å²) in [5, 5.41) is 1.11. The van der Waals surface area contributed by atoms with Gasteiger partial charge in [0.25, 0.3) is 0 Å². The third kappa shape index (κ3) is 2.65. The van der Waals surface area contributed by atoms with Gasteiger partial charge < -0.3 is 9.31 Å². The largest absolute Gasteiger partial charge is 0.496 e. The predicted octanol–water partition coefficient (Wildman–Crippen LogP) is 2.53. The highest BCUT2D eigenvalue weighted by molar-refractivity contribution is 6.61. The van der Waals surface area contributed by atoms with Gasteiger partial charge >= 0.3 is 7.12 Å². The van der Waals surface area contributed by atoms with Crippen LogP contribution >= 0.6 is 0 Å². The highest BCUT2D eigenvalue weighted by Crippen LogP contribution is 2.25. The summed E-state index contributed by atoms with van der Waals surface area (Å²) >= 11 is 0. The van der Waals surface area contributed by atoms with Gasteiger partial charge in [-0.25, -0.2) is 0 Å². The lowest BCUT2D eigenvalue weighted by atomic mass is 9.75. The second-order valence-corrected chi connectivity index (χ2v) is 5.82. The van der Waals surface area contributed by atoms with E-state index in [4.69, 9.17) is 9.31 Å². The van der Waals surface area contributed by atoms with Gasteiger partial charge in [0, 0.05) is 17.8 Å². The van der Waals surface area contributed by atoms with E-state index in [2.05, 4.69) is 37.9 Å². The van der Waals surface area contributed by atoms with Crippen molar-refractivity contribution in [3.05, 3.63) is 36.5 Å². The topological polar surface area (TPSA) is 31.4 Å². The van der Waals surface area contributed by atoms with Gasteiger partial charge in [0.2, 0.25) is 0 Å². The SMILES string of the molecule is CC1CC(C)(C)OB(c2cnc3ccccc3c2)O1. The summed E-state index contributed by atoms with van der Waals surface area (Å²) in [7, 11) is -0.323. The summed E-state index contributed by atoms with van der Waals surface area (Å²) in [6.07, 6.45) is 2.95. The second-order valence-electron chi connectivity index (χ2n) is 5.82. The van der Waals surface area contributed by atoms with Crippen molar-refractivity contribution >= 4 is 23.5 Å². The van der Waals surface area contributed by atoms with Crippen molar-refractivity contribution in [1.82, 2.24) is 4.98 Å². The molecule has 2 heterocycles. The van der Waals surface area contributed by atoms with Crippen LogP contribution in [0.5, 0.6) is 0 Å². The molecule has 0 N–H and O–H groups in total. The zero-order valence-corrected chi connectivity index (χ0v) is 11.6. The van der Waals surface area contributed by atoms with Crippen LogP contribution in [0.1, 0.15) is 27.2 Å². The van der Waals surface area contributed by atoms with Crippen molar-refractivity contribution in [3.63, 3.8) is 0 Å². The van der Waals surface area contributed by atoms with E-state index in [-0.39, 0.29) is 18.8 Å². The molecular formula is C15H18BNO2. The van der Waals surface area contributed by atoms with E-state index < -0.39 is 0 Å². The predicted molar refractivity (Wildman–Crippen MR) is 77.5 cm³/mol. The van der Waals surface area contributed by atoms with E-state index in [9.17, 15) is 0 Å². The minimum absolute atomic E-state index is 0.159. The van der Waals surface area contributed by atoms with Crippen LogP contribution in [0.2, 0.25) is 0 Å². The van der Waals surface area contributed by atoms with Gasteiger partial charge in [-0.1, -0.05) is 24.3 Å². The number of pyridine rings is 1. The first-order valence-corrected chi connectivity index (χ1v) is 6.71. The molecule has 0 bridgehead atoms. The second kappa shape index (κ2) is 4.62. The lowest BCUT2D eigenvalue weighted by Gasteiger charge is -2.38. The summed E-state index contributed by atoms with van der Waals surface area (Å²) < 4.78 is 11.9. The molecule has 1 atom stereocenters. The number of para-hydroxylation sites is 1. The molecular weight excluding hydrogens is 237 g/mol. The van der Waals surface area contributed by atoms with Gasteiger partial charge in [0.05, 0.1) is 11.1 Å². The van der Waals surface area contributed by atoms with Crippen LogP contribution in [-0.2, 0) is 9.31 Å². The lowest BCUT2D eigenvalue weighted by Crippen LogP contribution is -2.51. The van der Waals surface area contributed by atoms with Crippen LogP contribution in [0.25, 0.3) is 10.9 Å². The number of hydrogen-bond donors (Lipinski definition) is 0. The average molecular weight is 255 g/mol. The highest BCUT2D eigenvalue weighted by Gasteiger charge is 2.38. The Kier molecular flexibility index (Phi) is 3.07. The molecule has 0 aliphatic carbocycles. The maximum atomic E-state index is 6.02. The van der Waals surface area contributed by atoms with E-state index >= 15 is 0 Å². The molecule has 1 aromatic heterocycles. The smallest absolute Gasteiger partial charge is 0.405 e. The molecule has 1 unspecified atom stereocenters. The molecule has 0 saturated carbocycles. The van der Waals surface area contributed by atoms with Crippen LogP contribution in [0.15, 0.2) is 36.5 Å².